The van der Waals surface area contributed by atoms with E-state index in [0.717, 1.165) is 43.0 Å². The summed E-state index contributed by atoms with van der Waals surface area (Å²) in [5.41, 5.74) is -0.0398. The van der Waals surface area contributed by atoms with Gasteiger partial charge in [0.2, 0.25) is 0 Å². The fraction of sp³-hybridized carbons (Fsp3) is 0.381. The molecule has 2 aromatic carbocycles. The molecule has 8 heteroatoms. The lowest BCUT2D eigenvalue weighted by atomic mass is 9.76. The molecule has 3 rings (SSSR count). The Labute approximate surface area is 167 Å². The molecule has 152 valence electrons. The zero-order valence-electron chi connectivity index (χ0n) is 16.0. The molecular formula is C21H22N2O6. The zero-order valence-corrected chi connectivity index (χ0v) is 16.0. The van der Waals surface area contributed by atoms with Gasteiger partial charge in [0, 0.05) is 18.1 Å². The highest BCUT2D eigenvalue weighted by molar-refractivity contribution is 5.91. The SMILES string of the molecule is C[C@H](c1ccccc1)[C@@H]1CCCC[C@H]1OC(=O)c1cc([N+](=O)[O-])cc([N+](=O)[O-])c1. The quantitative estimate of drug-likeness (QED) is 0.383. The van der Waals surface area contributed by atoms with Crippen LogP contribution in [0.5, 0.6) is 0 Å². The van der Waals surface area contributed by atoms with E-state index in [4.69, 9.17) is 4.74 Å². The van der Waals surface area contributed by atoms with Crippen molar-refractivity contribution in [2.75, 3.05) is 0 Å². The van der Waals surface area contributed by atoms with Crippen molar-refractivity contribution >= 4 is 17.3 Å². The van der Waals surface area contributed by atoms with E-state index in [2.05, 4.69) is 6.92 Å². The Morgan fingerprint density at radius 3 is 2.17 bits per heavy atom. The summed E-state index contributed by atoms with van der Waals surface area (Å²) in [6, 6.07) is 12.9. The van der Waals surface area contributed by atoms with Crippen LogP contribution in [0.25, 0.3) is 0 Å². The standard InChI is InChI=1S/C21H22N2O6/c1-14(15-7-3-2-4-8-15)19-9-5-6-10-20(19)29-21(24)16-11-17(22(25)26)13-18(12-16)23(27)28/h2-4,7-8,11-14,19-20H,5-6,9-10H2,1H3/t14-,19+,20-/m1/s1. The highest BCUT2D eigenvalue weighted by Crippen LogP contribution is 2.38. The highest BCUT2D eigenvalue weighted by atomic mass is 16.6. The number of nitrogens with zero attached hydrogens (tertiary/aromatic N) is 2. The van der Waals surface area contributed by atoms with E-state index in [9.17, 15) is 25.0 Å². The number of esters is 1. The second-order valence-corrected chi connectivity index (χ2v) is 7.34. The summed E-state index contributed by atoms with van der Waals surface area (Å²) < 4.78 is 5.72. The molecule has 0 heterocycles. The van der Waals surface area contributed by atoms with Crippen LogP contribution in [-0.2, 0) is 4.74 Å². The molecule has 0 spiro atoms. The summed E-state index contributed by atoms with van der Waals surface area (Å²) in [5.74, 6) is -0.480. The van der Waals surface area contributed by atoms with Gasteiger partial charge in [0.05, 0.1) is 21.5 Å². The average molecular weight is 398 g/mol. The Kier molecular flexibility index (Phi) is 6.21. The molecule has 0 N–H and O–H groups in total. The fourth-order valence-electron chi connectivity index (χ4n) is 3.98. The lowest BCUT2D eigenvalue weighted by Crippen LogP contribution is -2.33. The molecular weight excluding hydrogens is 376 g/mol. The van der Waals surface area contributed by atoms with Gasteiger partial charge >= 0.3 is 5.97 Å². The van der Waals surface area contributed by atoms with Crippen molar-refractivity contribution in [3.05, 3.63) is 79.9 Å². The number of rotatable bonds is 6. The van der Waals surface area contributed by atoms with Crippen molar-refractivity contribution in [3.8, 4) is 0 Å². The predicted molar refractivity (Wildman–Crippen MR) is 106 cm³/mol. The van der Waals surface area contributed by atoms with Crippen LogP contribution in [0.3, 0.4) is 0 Å². The number of nitro benzene ring substituents is 2. The van der Waals surface area contributed by atoms with Gasteiger partial charge in [0.15, 0.2) is 0 Å². The number of ether oxygens (including phenoxy) is 1. The summed E-state index contributed by atoms with van der Waals surface area (Å²) in [6.07, 6.45) is 3.22. The second-order valence-electron chi connectivity index (χ2n) is 7.34. The Balaban J connectivity index is 1.83. The first-order chi connectivity index (χ1) is 13.9. The normalized spacial score (nSPS) is 19.9. The Bertz CT molecular complexity index is 882. The number of hydrogen-bond acceptors (Lipinski definition) is 6. The lowest BCUT2D eigenvalue weighted by molar-refractivity contribution is -0.394. The van der Waals surface area contributed by atoms with Crippen LogP contribution in [0.4, 0.5) is 11.4 Å². The van der Waals surface area contributed by atoms with Gasteiger partial charge < -0.3 is 4.74 Å². The van der Waals surface area contributed by atoms with E-state index in [0.29, 0.717) is 6.42 Å². The molecule has 0 radical (unpaired) electrons. The van der Waals surface area contributed by atoms with E-state index in [1.807, 2.05) is 30.3 Å². The van der Waals surface area contributed by atoms with Crippen LogP contribution in [0, 0.1) is 26.1 Å². The minimum absolute atomic E-state index is 0.115. The second kappa shape index (κ2) is 8.81. The molecule has 1 fully saturated rings. The Morgan fingerprint density at radius 1 is 1.00 bits per heavy atom. The average Bonchev–Trinajstić information content (AvgIpc) is 2.73. The van der Waals surface area contributed by atoms with Crippen LogP contribution >= 0.6 is 0 Å². The first-order valence-corrected chi connectivity index (χ1v) is 9.56. The van der Waals surface area contributed by atoms with Crippen LogP contribution in [-0.4, -0.2) is 21.9 Å². The molecule has 1 saturated carbocycles. The third kappa shape index (κ3) is 4.77. The molecule has 29 heavy (non-hydrogen) atoms. The fourth-order valence-corrected chi connectivity index (χ4v) is 3.98. The predicted octanol–water partition coefficient (Wildman–Crippen LogP) is 5.02. The summed E-state index contributed by atoms with van der Waals surface area (Å²) in [5, 5.41) is 22.1. The maximum Gasteiger partial charge on any atom is 0.338 e. The van der Waals surface area contributed by atoms with Crippen molar-refractivity contribution in [2.24, 2.45) is 5.92 Å². The molecule has 1 aliphatic carbocycles. The Hall–Kier alpha value is -3.29. The molecule has 8 nitrogen and oxygen atoms in total. The van der Waals surface area contributed by atoms with Gasteiger partial charge in [-0.15, -0.1) is 0 Å². The molecule has 0 unspecified atom stereocenters. The minimum atomic E-state index is -0.769. The number of benzene rings is 2. The number of nitro groups is 2. The lowest BCUT2D eigenvalue weighted by Gasteiger charge is -2.35. The van der Waals surface area contributed by atoms with Gasteiger partial charge in [-0.05, 0) is 30.7 Å². The summed E-state index contributed by atoms with van der Waals surface area (Å²) in [7, 11) is 0. The molecule has 0 saturated heterocycles. The van der Waals surface area contributed by atoms with E-state index in [1.54, 1.807) is 0 Å². The largest absolute Gasteiger partial charge is 0.458 e. The van der Waals surface area contributed by atoms with Crippen molar-refractivity contribution in [1.82, 2.24) is 0 Å². The van der Waals surface area contributed by atoms with Gasteiger partial charge in [0.1, 0.15) is 6.10 Å². The number of carbonyl (C=O) groups is 1. The zero-order chi connectivity index (χ0) is 21.0. The molecule has 0 aromatic heterocycles. The van der Waals surface area contributed by atoms with Crippen LogP contribution in [0.1, 0.15) is 54.4 Å². The van der Waals surface area contributed by atoms with E-state index in [-0.39, 0.29) is 23.5 Å². The minimum Gasteiger partial charge on any atom is -0.458 e. The smallest absolute Gasteiger partial charge is 0.338 e. The van der Waals surface area contributed by atoms with Crippen molar-refractivity contribution in [1.29, 1.82) is 0 Å². The van der Waals surface area contributed by atoms with Crippen molar-refractivity contribution in [3.63, 3.8) is 0 Å². The molecule has 0 amide bonds. The van der Waals surface area contributed by atoms with Gasteiger partial charge in [-0.25, -0.2) is 4.79 Å². The highest BCUT2D eigenvalue weighted by Gasteiger charge is 2.33. The third-order valence-electron chi connectivity index (χ3n) is 5.54. The number of carbonyl (C=O) groups excluding carboxylic acids is 1. The molecule has 3 atom stereocenters. The van der Waals surface area contributed by atoms with Crippen molar-refractivity contribution in [2.45, 2.75) is 44.6 Å². The maximum absolute atomic E-state index is 12.7. The number of hydrogen-bond donors (Lipinski definition) is 0. The molecule has 2 aromatic rings. The topological polar surface area (TPSA) is 113 Å². The number of non-ortho nitro benzene ring substituents is 2. The van der Waals surface area contributed by atoms with Gasteiger partial charge in [0.25, 0.3) is 11.4 Å². The summed E-state index contributed by atoms with van der Waals surface area (Å²) in [4.78, 5) is 33.3. The molecule has 0 bridgehead atoms. The van der Waals surface area contributed by atoms with Crippen LogP contribution in [0.15, 0.2) is 48.5 Å². The first-order valence-electron chi connectivity index (χ1n) is 9.56. The summed E-state index contributed by atoms with van der Waals surface area (Å²) >= 11 is 0. The van der Waals surface area contributed by atoms with E-state index < -0.39 is 27.2 Å². The van der Waals surface area contributed by atoms with Crippen LogP contribution in [0.2, 0.25) is 0 Å². The summed E-state index contributed by atoms with van der Waals surface area (Å²) in [6.45, 7) is 2.10. The Morgan fingerprint density at radius 2 is 1.59 bits per heavy atom. The van der Waals surface area contributed by atoms with Gasteiger partial charge in [-0.2, -0.15) is 0 Å². The van der Waals surface area contributed by atoms with Crippen LogP contribution < -0.4 is 0 Å². The van der Waals surface area contributed by atoms with E-state index in [1.165, 1.54) is 0 Å². The maximum atomic E-state index is 12.7. The van der Waals surface area contributed by atoms with Gasteiger partial charge in [-0.3, -0.25) is 20.2 Å². The monoisotopic (exact) mass is 398 g/mol. The molecule has 0 aliphatic heterocycles. The van der Waals surface area contributed by atoms with Crippen molar-refractivity contribution < 1.29 is 19.4 Å². The third-order valence-corrected chi connectivity index (χ3v) is 5.54. The molecule has 1 aliphatic rings. The first kappa shape index (κ1) is 20.4. The van der Waals surface area contributed by atoms with Gasteiger partial charge in [-0.1, -0.05) is 43.7 Å². The van der Waals surface area contributed by atoms with E-state index >= 15 is 0 Å².